The summed E-state index contributed by atoms with van der Waals surface area (Å²) in [5.41, 5.74) is 1.37. The maximum absolute atomic E-state index is 12.1. The van der Waals surface area contributed by atoms with Crippen molar-refractivity contribution in [1.29, 1.82) is 0 Å². The highest BCUT2D eigenvalue weighted by Gasteiger charge is 2.13. The van der Waals surface area contributed by atoms with Gasteiger partial charge in [-0.05, 0) is 25.0 Å². The molecule has 0 radical (unpaired) electrons. The summed E-state index contributed by atoms with van der Waals surface area (Å²) in [7, 11) is 0. The molecule has 1 N–H and O–H groups in total. The Morgan fingerprint density at radius 3 is 2.80 bits per heavy atom. The van der Waals surface area contributed by atoms with Crippen molar-refractivity contribution in [3.8, 4) is 0 Å². The summed E-state index contributed by atoms with van der Waals surface area (Å²) in [5.74, 6) is -0.285. The van der Waals surface area contributed by atoms with E-state index < -0.39 is 0 Å². The van der Waals surface area contributed by atoms with E-state index in [1.807, 2.05) is 0 Å². The standard InChI is InChI=1S/C14H16ClN3OS/c1-3-6-9-11(4-2)20-14(17-9)18-13(19)10-7-5-8-12(15)16-10/h5,7-8H,3-4,6H2,1-2H3,(H,17,18,19). The monoisotopic (exact) mass is 309 g/mol. The lowest BCUT2D eigenvalue weighted by Crippen LogP contribution is -2.13. The van der Waals surface area contributed by atoms with Crippen molar-refractivity contribution in [3.63, 3.8) is 0 Å². The first-order valence-electron chi connectivity index (χ1n) is 6.56. The fourth-order valence-corrected chi connectivity index (χ4v) is 2.95. The zero-order chi connectivity index (χ0) is 14.5. The highest BCUT2D eigenvalue weighted by molar-refractivity contribution is 7.15. The smallest absolute Gasteiger partial charge is 0.276 e. The molecule has 2 aromatic rings. The number of hydrogen-bond donors (Lipinski definition) is 1. The maximum atomic E-state index is 12.1. The number of rotatable bonds is 5. The second-order valence-electron chi connectivity index (χ2n) is 4.29. The predicted molar refractivity (Wildman–Crippen MR) is 82.7 cm³/mol. The zero-order valence-electron chi connectivity index (χ0n) is 11.4. The fraction of sp³-hybridized carbons (Fsp3) is 0.357. The quantitative estimate of drug-likeness (QED) is 0.851. The minimum atomic E-state index is -0.285. The molecule has 0 spiro atoms. The lowest BCUT2D eigenvalue weighted by Gasteiger charge is -2.00. The molecule has 0 saturated carbocycles. The molecule has 20 heavy (non-hydrogen) atoms. The van der Waals surface area contributed by atoms with Gasteiger partial charge in [0.2, 0.25) is 0 Å². The average Bonchev–Trinajstić information content (AvgIpc) is 2.81. The molecule has 0 aromatic carbocycles. The summed E-state index contributed by atoms with van der Waals surface area (Å²) < 4.78 is 0. The Balaban J connectivity index is 2.15. The molecular formula is C14H16ClN3OS. The van der Waals surface area contributed by atoms with Gasteiger partial charge in [0.25, 0.3) is 5.91 Å². The number of aromatic nitrogens is 2. The van der Waals surface area contributed by atoms with Gasteiger partial charge in [-0.25, -0.2) is 9.97 Å². The predicted octanol–water partition coefficient (Wildman–Crippen LogP) is 3.96. The number of carbonyl (C=O) groups excluding carboxylic acids is 1. The molecule has 0 bridgehead atoms. The highest BCUT2D eigenvalue weighted by atomic mass is 35.5. The summed E-state index contributed by atoms with van der Waals surface area (Å²) >= 11 is 7.30. The van der Waals surface area contributed by atoms with Gasteiger partial charge in [-0.15, -0.1) is 11.3 Å². The van der Waals surface area contributed by atoms with Crippen molar-refractivity contribution in [3.05, 3.63) is 39.6 Å². The summed E-state index contributed by atoms with van der Waals surface area (Å²) in [5, 5.41) is 3.71. The van der Waals surface area contributed by atoms with Gasteiger partial charge in [0.1, 0.15) is 10.8 Å². The molecule has 106 valence electrons. The molecule has 4 nitrogen and oxygen atoms in total. The van der Waals surface area contributed by atoms with E-state index in [0.717, 1.165) is 25.0 Å². The second-order valence-corrected chi connectivity index (χ2v) is 5.76. The average molecular weight is 310 g/mol. The van der Waals surface area contributed by atoms with Crippen LogP contribution in [0.2, 0.25) is 5.15 Å². The molecule has 0 atom stereocenters. The van der Waals surface area contributed by atoms with Crippen molar-refractivity contribution in [2.75, 3.05) is 5.32 Å². The zero-order valence-corrected chi connectivity index (χ0v) is 13.0. The number of hydrogen-bond acceptors (Lipinski definition) is 4. The summed E-state index contributed by atoms with van der Waals surface area (Å²) in [6.45, 7) is 4.21. The molecule has 0 saturated heterocycles. The lowest BCUT2D eigenvalue weighted by molar-refractivity contribution is 0.102. The third-order valence-corrected chi connectivity index (χ3v) is 4.12. The van der Waals surface area contributed by atoms with Crippen LogP contribution < -0.4 is 5.32 Å². The molecule has 2 rings (SSSR count). The van der Waals surface area contributed by atoms with Crippen LogP contribution in [0.1, 0.15) is 41.3 Å². The molecule has 1 amide bonds. The van der Waals surface area contributed by atoms with E-state index in [4.69, 9.17) is 11.6 Å². The van der Waals surface area contributed by atoms with E-state index >= 15 is 0 Å². The molecule has 6 heteroatoms. The number of nitrogens with one attached hydrogen (secondary N) is 1. The first kappa shape index (κ1) is 14.9. The largest absolute Gasteiger partial charge is 0.296 e. The van der Waals surface area contributed by atoms with E-state index in [1.165, 1.54) is 16.2 Å². The van der Waals surface area contributed by atoms with Gasteiger partial charge in [-0.3, -0.25) is 10.1 Å². The Bertz CT molecular complexity index is 612. The molecule has 2 heterocycles. The van der Waals surface area contributed by atoms with E-state index in [2.05, 4.69) is 29.1 Å². The van der Waals surface area contributed by atoms with E-state index in [9.17, 15) is 4.79 Å². The topological polar surface area (TPSA) is 54.9 Å². The van der Waals surface area contributed by atoms with Crippen LogP contribution in [0.3, 0.4) is 0 Å². The Morgan fingerprint density at radius 2 is 2.15 bits per heavy atom. The molecule has 0 aliphatic rings. The van der Waals surface area contributed by atoms with Crippen LogP contribution in [0.15, 0.2) is 18.2 Å². The van der Waals surface area contributed by atoms with E-state index in [1.54, 1.807) is 18.2 Å². The number of pyridine rings is 1. The SMILES string of the molecule is CCCc1nc(NC(=O)c2cccc(Cl)n2)sc1CC. The van der Waals surface area contributed by atoms with E-state index in [-0.39, 0.29) is 5.91 Å². The number of anilines is 1. The van der Waals surface area contributed by atoms with Crippen LogP contribution in [0.4, 0.5) is 5.13 Å². The van der Waals surface area contributed by atoms with Gasteiger partial charge < -0.3 is 0 Å². The number of nitrogens with zero attached hydrogens (tertiary/aromatic N) is 2. The van der Waals surface area contributed by atoms with Gasteiger partial charge >= 0.3 is 0 Å². The second kappa shape index (κ2) is 6.81. The lowest BCUT2D eigenvalue weighted by atomic mass is 10.2. The Kier molecular flexibility index (Phi) is 5.09. The third kappa shape index (κ3) is 3.55. The molecular weight excluding hydrogens is 294 g/mol. The van der Waals surface area contributed by atoms with Crippen LogP contribution >= 0.6 is 22.9 Å². The van der Waals surface area contributed by atoms with Crippen LogP contribution in [-0.4, -0.2) is 15.9 Å². The highest BCUT2D eigenvalue weighted by Crippen LogP contribution is 2.25. The fourth-order valence-electron chi connectivity index (χ4n) is 1.84. The van der Waals surface area contributed by atoms with Crippen molar-refractivity contribution < 1.29 is 4.79 Å². The normalized spacial score (nSPS) is 10.6. The van der Waals surface area contributed by atoms with Crippen LogP contribution in [0.25, 0.3) is 0 Å². The minimum Gasteiger partial charge on any atom is -0.296 e. The van der Waals surface area contributed by atoms with Gasteiger partial charge in [0.15, 0.2) is 5.13 Å². The molecule has 0 fully saturated rings. The Morgan fingerprint density at radius 1 is 1.35 bits per heavy atom. The number of thiazole rings is 1. The minimum absolute atomic E-state index is 0.285. The third-order valence-electron chi connectivity index (χ3n) is 2.75. The van der Waals surface area contributed by atoms with Crippen LogP contribution in [0.5, 0.6) is 0 Å². The van der Waals surface area contributed by atoms with Crippen molar-refractivity contribution in [1.82, 2.24) is 9.97 Å². The maximum Gasteiger partial charge on any atom is 0.276 e. The molecule has 2 aromatic heterocycles. The summed E-state index contributed by atoms with van der Waals surface area (Å²) in [6.07, 6.45) is 2.91. The Labute approximate surface area is 127 Å². The Hall–Kier alpha value is -1.46. The first-order chi connectivity index (χ1) is 9.63. The van der Waals surface area contributed by atoms with Gasteiger partial charge in [-0.1, -0.05) is 37.9 Å². The van der Waals surface area contributed by atoms with Crippen molar-refractivity contribution in [2.45, 2.75) is 33.1 Å². The molecule has 0 aliphatic carbocycles. The van der Waals surface area contributed by atoms with Crippen LogP contribution in [-0.2, 0) is 12.8 Å². The number of aryl methyl sites for hydroxylation is 2. The van der Waals surface area contributed by atoms with Crippen LogP contribution in [0, 0.1) is 0 Å². The number of amides is 1. The van der Waals surface area contributed by atoms with Gasteiger partial charge in [0.05, 0.1) is 5.69 Å². The number of halogens is 1. The van der Waals surface area contributed by atoms with Crippen molar-refractivity contribution in [2.24, 2.45) is 0 Å². The number of carbonyl (C=O) groups is 1. The van der Waals surface area contributed by atoms with Gasteiger partial charge in [-0.2, -0.15) is 0 Å². The molecule has 0 aliphatic heterocycles. The van der Waals surface area contributed by atoms with Gasteiger partial charge in [0, 0.05) is 4.88 Å². The first-order valence-corrected chi connectivity index (χ1v) is 7.76. The van der Waals surface area contributed by atoms with Crippen molar-refractivity contribution >= 4 is 34.0 Å². The summed E-state index contributed by atoms with van der Waals surface area (Å²) in [6, 6.07) is 4.96. The molecule has 0 unspecified atom stereocenters. The summed E-state index contributed by atoms with van der Waals surface area (Å²) in [4.78, 5) is 21.8. The van der Waals surface area contributed by atoms with E-state index in [0.29, 0.717) is 16.0 Å².